The van der Waals surface area contributed by atoms with E-state index in [4.69, 9.17) is 28.4 Å². The summed E-state index contributed by atoms with van der Waals surface area (Å²) in [5.41, 5.74) is 10.0. The second kappa shape index (κ2) is 15.1. The highest BCUT2D eigenvalue weighted by molar-refractivity contribution is 5.66. The number of ether oxygens (including phenoxy) is 6. The van der Waals surface area contributed by atoms with Gasteiger partial charge in [-0.3, -0.25) is 9.59 Å². The summed E-state index contributed by atoms with van der Waals surface area (Å²) in [6, 6.07) is 0. The summed E-state index contributed by atoms with van der Waals surface area (Å²) in [7, 11) is 0. The van der Waals surface area contributed by atoms with E-state index in [-0.39, 0.29) is 69.9 Å². The minimum Gasteiger partial charge on any atom is -0.462 e. The molecule has 0 N–H and O–H groups in total. The molecule has 8 aliphatic carbocycles. The third-order valence-corrected chi connectivity index (χ3v) is 22.6. The number of allylic oxidation sites excluding steroid dienone is 6. The fourth-order valence-electron chi connectivity index (χ4n) is 19.2. The first-order valence-corrected chi connectivity index (χ1v) is 27.2. The quantitative estimate of drug-likeness (QED) is 0.204. The first-order valence-electron chi connectivity index (χ1n) is 27.2. The normalized spacial score (nSPS) is 53.4. The molecule has 8 fully saturated rings. The van der Waals surface area contributed by atoms with Crippen molar-refractivity contribution in [2.24, 2.45) is 80.8 Å². The van der Waals surface area contributed by atoms with Crippen LogP contribution in [0.2, 0.25) is 0 Å². The van der Waals surface area contributed by atoms with E-state index in [1.807, 2.05) is 0 Å². The summed E-state index contributed by atoms with van der Waals surface area (Å²) in [6.45, 7) is 24.8. The smallest absolute Gasteiger partial charge is 0.302 e. The first kappa shape index (κ1) is 44.9. The van der Waals surface area contributed by atoms with Crippen LogP contribution in [-0.2, 0) is 38.0 Å². The number of carbonyl (C=O) groups is 2. The van der Waals surface area contributed by atoms with Crippen LogP contribution >= 0.6 is 0 Å². The van der Waals surface area contributed by atoms with Gasteiger partial charge < -0.3 is 28.4 Å². The van der Waals surface area contributed by atoms with Gasteiger partial charge in [-0.15, -0.1) is 0 Å². The van der Waals surface area contributed by atoms with Gasteiger partial charge in [-0.05, 0) is 123 Å². The van der Waals surface area contributed by atoms with Crippen molar-refractivity contribution in [3.8, 4) is 0 Å². The van der Waals surface area contributed by atoms with Crippen molar-refractivity contribution >= 4 is 11.9 Å². The molecule has 0 amide bonds. The van der Waals surface area contributed by atoms with Crippen LogP contribution in [-0.4, -0.2) is 61.1 Å². The van der Waals surface area contributed by atoms with Crippen molar-refractivity contribution in [2.75, 3.05) is 13.2 Å². The van der Waals surface area contributed by atoms with Crippen molar-refractivity contribution in [2.45, 2.75) is 208 Å². The van der Waals surface area contributed by atoms with Crippen LogP contribution < -0.4 is 0 Å². The SMILES string of the molecule is CC(=O)O[C@@H]1CC[C@]2(C)C(=C[C@H]([C@@H]3C=C4C[C@@H](OC(C)=O)CC[C@]4(C)C4=C3[C@@H]3C[C@@H]5O[C@@]6(CC[C@H](C)CO6)[C@@H](C)[C@@H]5[C@@]3(C)CC4)C3=C2CC[C@@]2(C)[C@@H]4[C@@H](C)[C@]5(CC[C@H](C)CO5)O[C@@H]4C[C@H]32)C1. The molecule has 4 saturated carbocycles. The Bertz CT molecular complexity index is 2030. The lowest BCUT2D eigenvalue weighted by Gasteiger charge is -2.58. The number of hydrogen-bond acceptors (Lipinski definition) is 8. The third-order valence-electron chi connectivity index (χ3n) is 22.6. The van der Waals surface area contributed by atoms with Crippen molar-refractivity contribution < 1.29 is 38.0 Å². The Balaban J connectivity index is 0.992. The molecule has 12 aliphatic rings. The minimum absolute atomic E-state index is 0.0445. The second-order valence-electron chi connectivity index (χ2n) is 26.0. The zero-order chi connectivity index (χ0) is 46.1. The molecule has 12 rings (SSSR count). The van der Waals surface area contributed by atoms with Gasteiger partial charge in [0.15, 0.2) is 11.6 Å². The van der Waals surface area contributed by atoms with E-state index in [1.54, 1.807) is 36.1 Å². The average Bonchev–Trinajstić information content (AvgIpc) is 3.92. The van der Waals surface area contributed by atoms with Gasteiger partial charge in [-0.2, -0.15) is 0 Å². The lowest BCUT2D eigenvalue weighted by molar-refractivity contribution is -0.271. The van der Waals surface area contributed by atoms with Crippen LogP contribution in [0.25, 0.3) is 0 Å². The van der Waals surface area contributed by atoms with Crippen LogP contribution in [0.15, 0.2) is 45.6 Å². The Kier molecular flexibility index (Phi) is 10.3. The van der Waals surface area contributed by atoms with Crippen molar-refractivity contribution in [1.29, 1.82) is 0 Å². The van der Waals surface area contributed by atoms with Crippen LogP contribution in [0.4, 0.5) is 0 Å². The van der Waals surface area contributed by atoms with E-state index in [0.717, 1.165) is 90.3 Å². The molecule has 0 bridgehead atoms. The van der Waals surface area contributed by atoms with Gasteiger partial charge in [-0.1, -0.05) is 101 Å². The van der Waals surface area contributed by atoms with Gasteiger partial charge in [0.25, 0.3) is 0 Å². The molecule has 362 valence electrons. The molecule has 0 radical (unpaired) electrons. The van der Waals surface area contributed by atoms with Gasteiger partial charge in [0.2, 0.25) is 0 Å². The molecule has 2 spiro atoms. The molecular weight excluding hydrogens is 825 g/mol. The first-order chi connectivity index (χ1) is 31.3. The van der Waals surface area contributed by atoms with Crippen LogP contribution in [0.5, 0.6) is 0 Å². The highest BCUT2D eigenvalue weighted by Crippen LogP contribution is 2.74. The van der Waals surface area contributed by atoms with Crippen molar-refractivity contribution in [3.05, 3.63) is 45.6 Å². The highest BCUT2D eigenvalue weighted by Gasteiger charge is 2.70. The molecule has 8 nitrogen and oxygen atoms in total. The molecule has 0 aromatic rings. The summed E-state index contributed by atoms with van der Waals surface area (Å²) in [5, 5.41) is 0. The number of rotatable bonds is 3. The Labute approximate surface area is 396 Å². The molecule has 4 aliphatic heterocycles. The minimum atomic E-state index is -0.451. The fraction of sp³-hybridized carbons (Fsp3) is 0.828. The van der Waals surface area contributed by atoms with Gasteiger partial charge in [0, 0.05) is 74.0 Å². The predicted octanol–water partition coefficient (Wildman–Crippen LogP) is 12.2. The molecule has 20 atom stereocenters. The van der Waals surface area contributed by atoms with E-state index >= 15 is 0 Å². The predicted molar refractivity (Wildman–Crippen MR) is 252 cm³/mol. The summed E-state index contributed by atoms with van der Waals surface area (Å²) in [4.78, 5) is 25.1. The number of esters is 2. The lowest BCUT2D eigenvalue weighted by atomic mass is 9.47. The molecule has 66 heavy (non-hydrogen) atoms. The Morgan fingerprint density at radius 2 is 0.985 bits per heavy atom. The van der Waals surface area contributed by atoms with Crippen LogP contribution in [0.1, 0.15) is 172 Å². The standard InChI is InChI=1S/C58H82O8/c1-31-11-21-57(61-29-31)33(3)51-47(65-57)27-45-49-41(25-37-23-39(63-35(5)59)13-17-53(37,7)43(49)15-19-55(45,51)9)42-26-38-24-40(64-36(6)60)14-18-54(38,8)44-16-20-56(10)46(50(42)44)28-48-52(56)34(4)58(66-48)22-12-32(2)30-62-58/h25-26,31-34,39-42,45-48,51-52H,11-24,27-30H2,1-10H3/t31-,32-,33-,34+,39-,40+,41-,42+,45-,46+,47-,48+,51-,52+,53-,54+,55-,56+,57-,58-/m0/s1. The van der Waals surface area contributed by atoms with E-state index in [9.17, 15) is 9.59 Å². The molecule has 8 heteroatoms. The molecule has 0 aromatic carbocycles. The lowest BCUT2D eigenvalue weighted by Crippen LogP contribution is -2.50. The maximum atomic E-state index is 12.5. The average molecular weight is 907 g/mol. The van der Waals surface area contributed by atoms with E-state index in [2.05, 4.69) is 67.5 Å². The van der Waals surface area contributed by atoms with Gasteiger partial charge >= 0.3 is 11.9 Å². The Hall–Kier alpha value is -2.26. The zero-order valence-corrected chi connectivity index (χ0v) is 42.2. The topological polar surface area (TPSA) is 89.5 Å². The molecule has 0 unspecified atom stereocenters. The second-order valence-corrected chi connectivity index (χ2v) is 26.0. The van der Waals surface area contributed by atoms with Gasteiger partial charge in [0.05, 0.1) is 25.4 Å². The monoisotopic (exact) mass is 907 g/mol. The third kappa shape index (κ3) is 6.20. The summed E-state index contributed by atoms with van der Waals surface area (Å²) < 4.78 is 40.5. The number of carbonyl (C=O) groups excluding carboxylic acids is 2. The fourth-order valence-corrected chi connectivity index (χ4v) is 19.2. The van der Waals surface area contributed by atoms with Gasteiger partial charge in [0.1, 0.15) is 12.2 Å². The summed E-state index contributed by atoms with van der Waals surface area (Å²) in [5.74, 6) is 2.78. The summed E-state index contributed by atoms with van der Waals surface area (Å²) >= 11 is 0. The van der Waals surface area contributed by atoms with Crippen molar-refractivity contribution in [3.63, 3.8) is 0 Å². The van der Waals surface area contributed by atoms with Crippen LogP contribution in [0.3, 0.4) is 0 Å². The zero-order valence-electron chi connectivity index (χ0n) is 42.2. The van der Waals surface area contributed by atoms with E-state index in [0.29, 0.717) is 47.3 Å². The van der Waals surface area contributed by atoms with E-state index < -0.39 is 11.6 Å². The van der Waals surface area contributed by atoms with Gasteiger partial charge in [-0.25, -0.2) is 0 Å². The molecule has 4 saturated heterocycles. The Morgan fingerprint density at radius 3 is 1.35 bits per heavy atom. The summed E-state index contributed by atoms with van der Waals surface area (Å²) in [6.07, 6.45) is 22.3. The van der Waals surface area contributed by atoms with Crippen LogP contribution in [0, 0.1) is 80.8 Å². The molecule has 4 heterocycles. The highest BCUT2D eigenvalue weighted by atomic mass is 16.7. The number of fused-ring (bicyclic) bond motifs is 12. The molecular formula is C58H82O8. The van der Waals surface area contributed by atoms with E-state index in [1.165, 1.54) is 36.8 Å². The maximum Gasteiger partial charge on any atom is 0.302 e. The Morgan fingerprint density at radius 1 is 0.576 bits per heavy atom. The van der Waals surface area contributed by atoms with Crippen molar-refractivity contribution in [1.82, 2.24) is 0 Å². The number of hydrogen-bond donors (Lipinski definition) is 0. The molecule has 0 aromatic heterocycles. The maximum absolute atomic E-state index is 12.5. The largest absolute Gasteiger partial charge is 0.462 e.